The van der Waals surface area contributed by atoms with Gasteiger partial charge in [-0.3, -0.25) is 4.79 Å². The monoisotopic (exact) mass is 407 g/mol. The fraction of sp³-hybridized carbons (Fsp3) is 0.368. The molecule has 1 atom stereocenters. The van der Waals surface area contributed by atoms with E-state index >= 15 is 0 Å². The molecular weight excluding hydrogens is 382 g/mol. The van der Waals surface area contributed by atoms with Gasteiger partial charge in [-0.25, -0.2) is 14.6 Å². The van der Waals surface area contributed by atoms with Gasteiger partial charge in [0.15, 0.2) is 5.82 Å². The van der Waals surface area contributed by atoms with Crippen LogP contribution in [0.4, 0.5) is 5.82 Å². The molecule has 0 saturated carbocycles. The third-order valence-corrected chi connectivity index (χ3v) is 4.32. The molecule has 1 aromatic carbocycles. The molecule has 1 heterocycles. The maximum absolute atomic E-state index is 12.4. The second-order valence-corrected chi connectivity index (χ2v) is 6.37. The van der Waals surface area contributed by atoms with Crippen molar-refractivity contribution in [3.8, 4) is 5.75 Å². The molecule has 0 aliphatic carbocycles. The van der Waals surface area contributed by atoms with Crippen LogP contribution in [0.3, 0.4) is 0 Å². The molecule has 6 N–H and O–H groups in total. The molecule has 0 aliphatic rings. The van der Waals surface area contributed by atoms with Crippen LogP contribution in [0.15, 0.2) is 30.7 Å². The summed E-state index contributed by atoms with van der Waals surface area (Å²) in [6, 6.07) is 2.99. The molecule has 29 heavy (non-hydrogen) atoms. The Morgan fingerprint density at radius 1 is 1.17 bits per heavy atom. The van der Waals surface area contributed by atoms with Gasteiger partial charge < -0.3 is 30.7 Å². The summed E-state index contributed by atoms with van der Waals surface area (Å²) in [6.45, 7) is 2.07. The van der Waals surface area contributed by atoms with Crippen molar-refractivity contribution in [1.29, 1.82) is 0 Å². The number of aromatic hydroxyl groups is 1. The van der Waals surface area contributed by atoms with Crippen molar-refractivity contribution in [2.45, 2.75) is 45.1 Å². The van der Waals surface area contributed by atoms with Crippen LogP contribution in [0.5, 0.6) is 5.75 Å². The normalized spacial score (nSPS) is 11.3. The number of carboxylic acid groups (broad SMARTS) is 2. The standard InChI is InChI=1S/C19H23N3O6.H2O/c1-2-3-4-5-8-13(18(25)26)22-10-15(20-11-22)21-17(24)12-7-6-9-14(23)16(12)19(27)28;/h6-7,9-11,13,23H,2-5,8H2,1H3,(H,21,24)(H,25,26)(H,27,28);1H2. The van der Waals surface area contributed by atoms with Gasteiger partial charge in [0, 0.05) is 6.20 Å². The van der Waals surface area contributed by atoms with Crippen molar-refractivity contribution >= 4 is 23.7 Å². The number of phenols is 1. The summed E-state index contributed by atoms with van der Waals surface area (Å²) in [4.78, 5) is 39.2. The van der Waals surface area contributed by atoms with E-state index in [1.165, 1.54) is 35.3 Å². The van der Waals surface area contributed by atoms with E-state index in [0.717, 1.165) is 25.7 Å². The number of unbranched alkanes of at least 4 members (excludes halogenated alkanes) is 3. The van der Waals surface area contributed by atoms with Crippen LogP contribution < -0.4 is 5.32 Å². The Labute approximate surface area is 167 Å². The zero-order chi connectivity index (χ0) is 20.7. The quantitative estimate of drug-likeness (QED) is 0.437. The molecule has 158 valence electrons. The van der Waals surface area contributed by atoms with E-state index in [1.807, 2.05) is 0 Å². The number of hydrogen-bond donors (Lipinski definition) is 4. The van der Waals surface area contributed by atoms with Crippen LogP contribution >= 0.6 is 0 Å². The molecule has 0 spiro atoms. The van der Waals surface area contributed by atoms with Crippen LogP contribution in [0.2, 0.25) is 0 Å². The molecule has 10 heteroatoms. The number of amides is 1. The number of carbonyl (C=O) groups is 3. The van der Waals surface area contributed by atoms with Gasteiger partial charge in [-0.05, 0) is 18.6 Å². The molecule has 0 saturated heterocycles. The number of benzene rings is 1. The van der Waals surface area contributed by atoms with Crippen molar-refractivity contribution in [3.63, 3.8) is 0 Å². The number of anilines is 1. The van der Waals surface area contributed by atoms with Gasteiger partial charge in [0.2, 0.25) is 0 Å². The van der Waals surface area contributed by atoms with Gasteiger partial charge >= 0.3 is 11.9 Å². The minimum absolute atomic E-state index is 0. The van der Waals surface area contributed by atoms with Gasteiger partial charge in [0.1, 0.15) is 17.4 Å². The summed E-state index contributed by atoms with van der Waals surface area (Å²) in [7, 11) is 0. The first-order chi connectivity index (χ1) is 13.3. The number of nitrogens with zero attached hydrogens (tertiary/aromatic N) is 2. The zero-order valence-corrected chi connectivity index (χ0v) is 16.0. The summed E-state index contributed by atoms with van der Waals surface area (Å²) in [5.74, 6) is -3.64. The predicted molar refractivity (Wildman–Crippen MR) is 104 cm³/mol. The third-order valence-electron chi connectivity index (χ3n) is 4.32. The Kier molecular flexibility index (Phi) is 8.81. The minimum Gasteiger partial charge on any atom is -0.507 e. The van der Waals surface area contributed by atoms with Crippen molar-refractivity contribution in [3.05, 3.63) is 41.9 Å². The summed E-state index contributed by atoms with van der Waals surface area (Å²) >= 11 is 0. The van der Waals surface area contributed by atoms with Crippen LogP contribution in [-0.2, 0) is 4.79 Å². The molecule has 0 aliphatic heterocycles. The maximum Gasteiger partial charge on any atom is 0.340 e. The molecule has 1 unspecified atom stereocenters. The number of aliphatic carboxylic acids is 1. The second-order valence-electron chi connectivity index (χ2n) is 6.37. The Morgan fingerprint density at radius 3 is 2.52 bits per heavy atom. The van der Waals surface area contributed by atoms with Crippen LogP contribution in [-0.4, -0.2) is 48.2 Å². The lowest BCUT2D eigenvalue weighted by molar-refractivity contribution is -0.141. The molecule has 0 bridgehead atoms. The average molecular weight is 407 g/mol. The molecule has 1 amide bonds. The lowest BCUT2D eigenvalue weighted by Crippen LogP contribution is -2.18. The molecule has 0 fully saturated rings. The number of nitrogens with one attached hydrogen (secondary N) is 1. The Hall–Kier alpha value is -3.40. The molecule has 1 aromatic heterocycles. The minimum atomic E-state index is -1.44. The van der Waals surface area contributed by atoms with Gasteiger partial charge in [0.05, 0.1) is 11.9 Å². The van der Waals surface area contributed by atoms with Crippen molar-refractivity contribution in [2.75, 3.05) is 5.32 Å². The van der Waals surface area contributed by atoms with E-state index in [0.29, 0.717) is 6.42 Å². The van der Waals surface area contributed by atoms with Crippen LogP contribution in [0.1, 0.15) is 65.8 Å². The van der Waals surface area contributed by atoms with Crippen LogP contribution in [0, 0.1) is 0 Å². The second kappa shape index (κ2) is 10.8. The lowest BCUT2D eigenvalue weighted by Gasteiger charge is -2.13. The highest BCUT2D eigenvalue weighted by atomic mass is 16.4. The van der Waals surface area contributed by atoms with Crippen molar-refractivity contribution < 1.29 is 35.2 Å². The first-order valence-corrected chi connectivity index (χ1v) is 8.98. The molecule has 10 nitrogen and oxygen atoms in total. The van der Waals surface area contributed by atoms with Crippen molar-refractivity contribution in [1.82, 2.24) is 9.55 Å². The highest BCUT2D eigenvalue weighted by Gasteiger charge is 2.22. The van der Waals surface area contributed by atoms with E-state index in [9.17, 15) is 29.7 Å². The summed E-state index contributed by atoms with van der Waals surface area (Å²) < 4.78 is 1.41. The number of rotatable bonds is 10. The van der Waals surface area contributed by atoms with E-state index < -0.39 is 35.2 Å². The molecule has 2 aromatic rings. The van der Waals surface area contributed by atoms with E-state index in [-0.39, 0.29) is 16.9 Å². The number of hydrogen-bond acceptors (Lipinski definition) is 5. The topological polar surface area (TPSA) is 173 Å². The smallest absolute Gasteiger partial charge is 0.340 e. The van der Waals surface area contributed by atoms with Gasteiger partial charge in [-0.2, -0.15) is 0 Å². The lowest BCUT2D eigenvalue weighted by atomic mass is 10.1. The number of aromatic nitrogens is 2. The van der Waals surface area contributed by atoms with Gasteiger partial charge in [0.25, 0.3) is 5.91 Å². The zero-order valence-electron chi connectivity index (χ0n) is 16.0. The predicted octanol–water partition coefficient (Wildman–Crippen LogP) is 2.31. The summed E-state index contributed by atoms with van der Waals surface area (Å²) in [5, 5.41) is 30.8. The Bertz CT molecular complexity index is 863. The molecule has 2 rings (SSSR count). The van der Waals surface area contributed by atoms with Gasteiger partial charge in [-0.15, -0.1) is 0 Å². The number of aromatic carboxylic acids is 1. The fourth-order valence-corrected chi connectivity index (χ4v) is 2.87. The SMILES string of the molecule is CCCCCCC(C(=O)O)n1cnc(NC(=O)c2cccc(O)c2C(=O)O)c1.O. The van der Waals surface area contributed by atoms with Crippen molar-refractivity contribution in [2.24, 2.45) is 0 Å². The van der Waals surface area contributed by atoms with Gasteiger partial charge in [-0.1, -0.05) is 38.7 Å². The van der Waals surface area contributed by atoms with E-state index in [2.05, 4.69) is 17.2 Å². The average Bonchev–Trinajstić information content (AvgIpc) is 3.08. The Morgan fingerprint density at radius 2 is 1.90 bits per heavy atom. The van der Waals surface area contributed by atoms with E-state index in [4.69, 9.17) is 0 Å². The highest BCUT2D eigenvalue weighted by molar-refractivity contribution is 6.11. The Balaban J connectivity index is 0.00000420. The summed E-state index contributed by atoms with van der Waals surface area (Å²) in [5.41, 5.74) is -0.741. The number of carboxylic acids is 2. The highest BCUT2D eigenvalue weighted by Crippen LogP contribution is 2.23. The first-order valence-electron chi connectivity index (χ1n) is 8.98. The van der Waals surface area contributed by atoms with E-state index in [1.54, 1.807) is 0 Å². The third kappa shape index (κ3) is 6.04. The van der Waals surface area contributed by atoms with Crippen LogP contribution in [0.25, 0.3) is 0 Å². The largest absolute Gasteiger partial charge is 0.507 e. The molecular formula is C19H25N3O7. The maximum atomic E-state index is 12.4. The first kappa shape index (κ1) is 23.6. The number of imidazole rings is 1. The fourth-order valence-electron chi connectivity index (χ4n) is 2.87. The summed E-state index contributed by atoms with van der Waals surface area (Å²) in [6.07, 6.45) is 6.92. The number of carbonyl (C=O) groups excluding carboxylic acids is 1. The molecule has 0 radical (unpaired) electrons.